The van der Waals surface area contributed by atoms with E-state index in [9.17, 15) is 8.78 Å². The molecular weight excluding hydrogens is 262 g/mol. The third-order valence-corrected chi connectivity index (χ3v) is 3.66. The van der Waals surface area contributed by atoms with Crippen molar-refractivity contribution in [2.24, 2.45) is 0 Å². The molecule has 0 spiro atoms. The number of aromatic nitrogens is 2. The van der Waals surface area contributed by atoms with E-state index in [0.29, 0.717) is 23.4 Å². The molecule has 6 heteroatoms. The standard InChI is InChI=1S/C14H14F2N4/c15-10-7-12-13(8-11(10)16)20(6-3-17)14(18-12)9-19-4-1-2-5-19/h7-8H,1-2,4-6,9H2. The fourth-order valence-corrected chi connectivity index (χ4v) is 2.68. The number of benzene rings is 1. The van der Waals surface area contributed by atoms with Crippen molar-refractivity contribution in [1.29, 1.82) is 5.26 Å². The highest BCUT2D eigenvalue weighted by atomic mass is 19.2. The van der Waals surface area contributed by atoms with E-state index in [2.05, 4.69) is 9.88 Å². The number of likely N-dealkylation sites (tertiary alicyclic amines) is 1. The highest BCUT2D eigenvalue weighted by Gasteiger charge is 2.18. The topological polar surface area (TPSA) is 44.9 Å². The predicted molar refractivity (Wildman–Crippen MR) is 69.8 cm³/mol. The number of hydrogen-bond donors (Lipinski definition) is 0. The second kappa shape index (κ2) is 5.17. The summed E-state index contributed by atoms with van der Waals surface area (Å²) in [6, 6.07) is 4.25. The van der Waals surface area contributed by atoms with Gasteiger partial charge in [-0.2, -0.15) is 5.26 Å². The molecule has 1 aromatic carbocycles. The first-order valence-electron chi connectivity index (χ1n) is 6.62. The Morgan fingerprint density at radius 1 is 1.20 bits per heavy atom. The molecule has 1 aromatic heterocycles. The molecule has 0 N–H and O–H groups in total. The van der Waals surface area contributed by atoms with Crippen molar-refractivity contribution < 1.29 is 8.78 Å². The molecule has 20 heavy (non-hydrogen) atoms. The summed E-state index contributed by atoms with van der Waals surface area (Å²) < 4.78 is 28.3. The lowest BCUT2D eigenvalue weighted by Crippen LogP contribution is -2.21. The molecule has 2 aromatic rings. The number of nitrogens with zero attached hydrogens (tertiary/aromatic N) is 4. The molecule has 4 nitrogen and oxygen atoms in total. The van der Waals surface area contributed by atoms with E-state index in [4.69, 9.17) is 5.26 Å². The summed E-state index contributed by atoms with van der Waals surface area (Å²) in [5.41, 5.74) is 0.869. The minimum absolute atomic E-state index is 0.0880. The molecular formula is C14H14F2N4. The van der Waals surface area contributed by atoms with Gasteiger partial charge in [0.15, 0.2) is 11.6 Å². The van der Waals surface area contributed by atoms with Crippen molar-refractivity contribution in [3.05, 3.63) is 29.6 Å². The van der Waals surface area contributed by atoms with Crippen molar-refractivity contribution in [2.75, 3.05) is 13.1 Å². The van der Waals surface area contributed by atoms with Gasteiger partial charge in [0, 0.05) is 12.1 Å². The lowest BCUT2D eigenvalue weighted by atomic mass is 10.3. The SMILES string of the molecule is N#CCn1c(CN2CCCC2)nc2cc(F)c(F)cc21. The monoisotopic (exact) mass is 276 g/mol. The van der Waals surface area contributed by atoms with Crippen LogP contribution in [0.3, 0.4) is 0 Å². The van der Waals surface area contributed by atoms with E-state index in [1.807, 2.05) is 6.07 Å². The number of nitriles is 1. The number of rotatable bonds is 3. The molecule has 0 bridgehead atoms. The number of halogens is 2. The van der Waals surface area contributed by atoms with Crippen molar-refractivity contribution >= 4 is 11.0 Å². The van der Waals surface area contributed by atoms with Crippen molar-refractivity contribution in [1.82, 2.24) is 14.5 Å². The van der Waals surface area contributed by atoms with Crippen LogP contribution in [0.1, 0.15) is 18.7 Å². The van der Waals surface area contributed by atoms with E-state index in [1.165, 1.54) is 0 Å². The second-order valence-corrected chi connectivity index (χ2v) is 5.01. The van der Waals surface area contributed by atoms with E-state index in [-0.39, 0.29) is 6.54 Å². The Hall–Kier alpha value is -2.00. The second-order valence-electron chi connectivity index (χ2n) is 5.01. The molecule has 0 atom stereocenters. The van der Waals surface area contributed by atoms with Crippen LogP contribution in [0, 0.1) is 23.0 Å². The van der Waals surface area contributed by atoms with Crippen LogP contribution in [-0.2, 0) is 13.1 Å². The van der Waals surface area contributed by atoms with Crippen LogP contribution in [0.15, 0.2) is 12.1 Å². The molecule has 0 unspecified atom stereocenters. The maximum absolute atomic E-state index is 13.4. The van der Waals surface area contributed by atoms with Crippen LogP contribution in [0.5, 0.6) is 0 Å². The Morgan fingerprint density at radius 3 is 2.60 bits per heavy atom. The van der Waals surface area contributed by atoms with Crippen molar-refractivity contribution in [3.63, 3.8) is 0 Å². The smallest absolute Gasteiger partial charge is 0.161 e. The Kier molecular flexibility index (Phi) is 3.36. The van der Waals surface area contributed by atoms with Gasteiger partial charge in [0.1, 0.15) is 12.4 Å². The summed E-state index contributed by atoms with van der Waals surface area (Å²) >= 11 is 0. The molecule has 0 amide bonds. The van der Waals surface area contributed by atoms with Crippen molar-refractivity contribution in [2.45, 2.75) is 25.9 Å². The Labute approximate surface area is 115 Å². The molecule has 3 rings (SSSR count). The van der Waals surface area contributed by atoms with Gasteiger partial charge >= 0.3 is 0 Å². The quantitative estimate of drug-likeness (QED) is 0.865. The molecule has 0 aliphatic carbocycles. The average molecular weight is 276 g/mol. The van der Waals surface area contributed by atoms with Crippen molar-refractivity contribution in [3.8, 4) is 6.07 Å². The highest BCUT2D eigenvalue weighted by Crippen LogP contribution is 2.22. The Balaban J connectivity index is 2.05. The molecule has 2 heterocycles. The molecule has 1 fully saturated rings. The van der Waals surface area contributed by atoms with Crippen LogP contribution < -0.4 is 0 Å². The predicted octanol–water partition coefficient (Wildman–Crippen LogP) is 2.43. The van der Waals surface area contributed by atoms with Gasteiger partial charge in [0.25, 0.3) is 0 Å². The third-order valence-electron chi connectivity index (χ3n) is 3.66. The molecule has 0 saturated carbocycles. The molecule has 0 radical (unpaired) electrons. The van der Waals surface area contributed by atoms with Crippen LogP contribution in [0.2, 0.25) is 0 Å². The van der Waals surface area contributed by atoms with Gasteiger partial charge in [-0.05, 0) is 25.9 Å². The first-order valence-corrected chi connectivity index (χ1v) is 6.62. The van der Waals surface area contributed by atoms with Gasteiger partial charge in [-0.1, -0.05) is 0 Å². The maximum atomic E-state index is 13.4. The minimum atomic E-state index is -0.913. The van der Waals surface area contributed by atoms with Crippen LogP contribution in [-0.4, -0.2) is 27.5 Å². The summed E-state index contributed by atoms with van der Waals surface area (Å²) in [5.74, 6) is -1.13. The molecule has 1 aliphatic heterocycles. The van der Waals surface area contributed by atoms with Crippen LogP contribution >= 0.6 is 0 Å². The Morgan fingerprint density at radius 2 is 1.90 bits per heavy atom. The molecule has 104 valence electrons. The lowest BCUT2D eigenvalue weighted by Gasteiger charge is -2.14. The zero-order valence-electron chi connectivity index (χ0n) is 10.9. The van der Waals surface area contributed by atoms with Gasteiger partial charge in [-0.3, -0.25) is 4.90 Å². The number of hydrogen-bond acceptors (Lipinski definition) is 3. The highest BCUT2D eigenvalue weighted by molar-refractivity contribution is 5.76. The maximum Gasteiger partial charge on any atom is 0.161 e. The van der Waals surface area contributed by atoms with Crippen LogP contribution in [0.4, 0.5) is 8.78 Å². The average Bonchev–Trinajstić information content (AvgIpc) is 3.02. The number of imidazole rings is 1. The van der Waals surface area contributed by atoms with Gasteiger partial charge in [-0.15, -0.1) is 0 Å². The van der Waals surface area contributed by atoms with E-state index in [1.54, 1.807) is 4.57 Å². The zero-order valence-corrected chi connectivity index (χ0v) is 10.9. The zero-order chi connectivity index (χ0) is 14.1. The van der Waals surface area contributed by atoms with E-state index >= 15 is 0 Å². The summed E-state index contributed by atoms with van der Waals surface area (Å²) in [6.07, 6.45) is 2.31. The summed E-state index contributed by atoms with van der Waals surface area (Å²) in [7, 11) is 0. The minimum Gasteiger partial charge on any atom is -0.313 e. The number of fused-ring (bicyclic) bond motifs is 1. The van der Waals surface area contributed by atoms with Gasteiger partial charge in [-0.25, -0.2) is 13.8 Å². The van der Waals surface area contributed by atoms with Gasteiger partial charge in [0.05, 0.1) is 23.6 Å². The molecule has 1 aliphatic rings. The molecule has 1 saturated heterocycles. The van der Waals surface area contributed by atoms with Gasteiger partial charge < -0.3 is 4.57 Å². The summed E-state index contributed by atoms with van der Waals surface area (Å²) in [5, 5.41) is 8.93. The van der Waals surface area contributed by atoms with Gasteiger partial charge in [0.2, 0.25) is 0 Å². The largest absolute Gasteiger partial charge is 0.313 e. The first-order chi connectivity index (χ1) is 9.69. The Bertz CT molecular complexity index is 681. The van der Waals surface area contributed by atoms with Crippen LogP contribution in [0.25, 0.3) is 11.0 Å². The fourth-order valence-electron chi connectivity index (χ4n) is 2.68. The summed E-state index contributed by atoms with van der Waals surface area (Å²) in [4.78, 5) is 6.60. The normalized spacial score (nSPS) is 15.8. The third kappa shape index (κ3) is 2.25. The lowest BCUT2D eigenvalue weighted by molar-refractivity contribution is 0.318. The summed E-state index contributed by atoms with van der Waals surface area (Å²) in [6.45, 7) is 2.70. The fraction of sp³-hybridized carbons (Fsp3) is 0.429. The van der Waals surface area contributed by atoms with E-state index in [0.717, 1.165) is 38.1 Å². The van der Waals surface area contributed by atoms with E-state index < -0.39 is 11.6 Å². The first kappa shape index (κ1) is 13.0.